The molecule has 0 aliphatic carbocycles. The Kier molecular flexibility index (Phi) is 12.6. The molecule has 0 aliphatic heterocycles. The van der Waals surface area contributed by atoms with Crippen molar-refractivity contribution in [3.8, 4) is 0 Å². The Hall–Kier alpha value is -0.653. The van der Waals surface area contributed by atoms with Gasteiger partial charge in [0.15, 0.2) is 6.29 Å². The van der Waals surface area contributed by atoms with Crippen LogP contribution in [-0.2, 0) is 14.3 Å². The van der Waals surface area contributed by atoms with Gasteiger partial charge in [-0.25, -0.2) is 4.79 Å². The second-order valence-electron chi connectivity index (χ2n) is 5.09. The van der Waals surface area contributed by atoms with Crippen LogP contribution in [0.25, 0.3) is 0 Å². The van der Waals surface area contributed by atoms with Gasteiger partial charge in [-0.05, 0) is 31.8 Å². The maximum Gasteiger partial charge on any atom is 0.331 e. The highest BCUT2D eigenvalue weighted by Crippen LogP contribution is 2.21. The average molecular weight is 313 g/mol. The Morgan fingerprint density at radius 3 is 2.00 bits per heavy atom. The molecule has 3 radical (unpaired) electrons. The quantitative estimate of drug-likeness (QED) is 0.244. The molecule has 5 heteroatoms. The van der Waals surface area contributed by atoms with Crippen LogP contribution in [0, 0.1) is 0 Å². The van der Waals surface area contributed by atoms with Crippen LogP contribution in [0.4, 0.5) is 0 Å². The molecule has 0 aromatic rings. The summed E-state index contributed by atoms with van der Waals surface area (Å²) in [5.74, 6) is -0.901. The molecule has 0 spiro atoms. The van der Waals surface area contributed by atoms with E-state index in [-0.39, 0.29) is 0 Å². The Balaban J connectivity index is 4.95. The van der Waals surface area contributed by atoms with Crippen LogP contribution in [-0.4, -0.2) is 40.8 Å². The first-order chi connectivity index (χ1) is 10.1. The predicted octanol–water partition coefficient (Wildman–Crippen LogP) is 3.71. The normalized spacial score (nSPS) is 12.6. The number of hydrogen-bond donors (Lipinski definition) is 1. The maximum atomic E-state index is 11.3. The number of hydrogen-bond acceptors (Lipinski definition) is 3. The fourth-order valence-corrected chi connectivity index (χ4v) is 1.99. The number of carboxylic acids is 1. The van der Waals surface area contributed by atoms with Crippen molar-refractivity contribution in [1.29, 1.82) is 0 Å². The van der Waals surface area contributed by atoms with Gasteiger partial charge >= 0.3 is 5.97 Å². The van der Waals surface area contributed by atoms with E-state index in [0.29, 0.717) is 25.2 Å². The molecule has 0 saturated carbocycles. The van der Waals surface area contributed by atoms with Gasteiger partial charge in [0.25, 0.3) is 0 Å². The third-order valence-corrected chi connectivity index (χ3v) is 3.60. The van der Waals surface area contributed by atoms with Crippen LogP contribution in [0.5, 0.6) is 0 Å². The zero-order valence-electron chi connectivity index (χ0n) is 13.6. The van der Waals surface area contributed by atoms with Crippen molar-refractivity contribution >= 4 is 16.2 Å². The number of ether oxygens (including phenoxy) is 2. The predicted molar refractivity (Wildman–Crippen MR) is 85.6 cm³/mol. The van der Waals surface area contributed by atoms with Gasteiger partial charge in [0.2, 0.25) is 0 Å². The van der Waals surface area contributed by atoms with E-state index in [0.717, 1.165) is 43.7 Å². The number of carboxylic acid groups (broad SMARTS) is 1. The standard InChI is InChI=1S/C16H29O4Si/c1-4-6-10-19-16(20-11-7-5-2)14(9-8-12-21)13(3)15(17)18/h16H,4-12H2,1-3H3,(H,17,18). The van der Waals surface area contributed by atoms with E-state index in [1.54, 1.807) is 6.92 Å². The van der Waals surface area contributed by atoms with Gasteiger partial charge in [-0.1, -0.05) is 39.2 Å². The molecule has 0 unspecified atom stereocenters. The Labute approximate surface area is 132 Å². The third-order valence-electron chi connectivity index (χ3n) is 3.24. The molecule has 0 amide bonds. The first-order valence-electron chi connectivity index (χ1n) is 7.89. The van der Waals surface area contributed by atoms with Crippen molar-refractivity contribution in [3.05, 3.63) is 11.1 Å². The number of aliphatic carboxylic acids is 1. The fraction of sp³-hybridized carbons (Fsp3) is 0.812. The lowest BCUT2D eigenvalue weighted by atomic mass is 10.0. The molecule has 0 rings (SSSR count). The minimum Gasteiger partial charge on any atom is -0.478 e. The van der Waals surface area contributed by atoms with E-state index < -0.39 is 12.3 Å². The molecule has 0 aromatic heterocycles. The molecule has 0 bridgehead atoms. The van der Waals surface area contributed by atoms with Gasteiger partial charge in [-0.3, -0.25) is 0 Å². The summed E-state index contributed by atoms with van der Waals surface area (Å²) in [4.78, 5) is 11.3. The lowest BCUT2D eigenvalue weighted by molar-refractivity contribution is -0.135. The van der Waals surface area contributed by atoms with E-state index >= 15 is 0 Å². The first-order valence-corrected chi connectivity index (χ1v) is 8.59. The van der Waals surface area contributed by atoms with E-state index in [4.69, 9.17) is 9.47 Å². The fourth-order valence-electron chi connectivity index (χ4n) is 1.82. The van der Waals surface area contributed by atoms with Crippen LogP contribution < -0.4 is 0 Å². The summed E-state index contributed by atoms with van der Waals surface area (Å²) in [6.45, 7) is 7.01. The molecular weight excluding hydrogens is 284 g/mol. The Morgan fingerprint density at radius 1 is 1.10 bits per heavy atom. The monoisotopic (exact) mass is 313 g/mol. The first kappa shape index (κ1) is 20.3. The summed E-state index contributed by atoms with van der Waals surface area (Å²) in [7, 11) is 3.44. The summed E-state index contributed by atoms with van der Waals surface area (Å²) in [5, 5.41) is 9.26. The molecule has 0 atom stereocenters. The number of rotatable bonds is 13. The Bertz CT molecular complexity index is 305. The molecular formula is C16H29O4Si. The molecule has 0 aromatic carbocycles. The van der Waals surface area contributed by atoms with Crippen molar-refractivity contribution < 1.29 is 19.4 Å². The van der Waals surface area contributed by atoms with Crippen molar-refractivity contribution in [2.24, 2.45) is 0 Å². The highest BCUT2D eigenvalue weighted by atomic mass is 28.1. The van der Waals surface area contributed by atoms with Gasteiger partial charge in [0.05, 0.1) is 13.2 Å². The minimum absolute atomic E-state index is 0.341. The second kappa shape index (κ2) is 13.0. The molecule has 0 aliphatic rings. The van der Waals surface area contributed by atoms with E-state index in [2.05, 4.69) is 24.1 Å². The maximum absolute atomic E-state index is 11.3. The lowest BCUT2D eigenvalue weighted by Gasteiger charge is -2.23. The summed E-state index contributed by atoms with van der Waals surface area (Å²) in [6.07, 6.45) is 4.99. The van der Waals surface area contributed by atoms with Gasteiger partial charge in [-0.15, -0.1) is 0 Å². The molecule has 4 nitrogen and oxygen atoms in total. The Morgan fingerprint density at radius 2 is 1.62 bits per heavy atom. The van der Waals surface area contributed by atoms with Crippen molar-refractivity contribution in [3.63, 3.8) is 0 Å². The van der Waals surface area contributed by atoms with Crippen molar-refractivity contribution in [1.82, 2.24) is 0 Å². The van der Waals surface area contributed by atoms with Crippen LogP contribution >= 0.6 is 0 Å². The topological polar surface area (TPSA) is 55.8 Å². The molecule has 1 N–H and O–H groups in total. The molecule has 0 fully saturated rings. The highest BCUT2D eigenvalue weighted by molar-refractivity contribution is 6.08. The zero-order valence-corrected chi connectivity index (χ0v) is 14.6. The molecule has 0 heterocycles. The van der Waals surface area contributed by atoms with Crippen molar-refractivity contribution in [2.45, 2.75) is 71.6 Å². The SMILES string of the molecule is CCCCOC(OCCCC)C(CCC[Si])=C(C)C(=O)O. The van der Waals surface area contributed by atoms with Gasteiger partial charge in [0, 0.05) is 15.8 Å². The smallest absolute Gasteiger partial charge is 0.331 e. The average Bonchev–Trinajstić information content (AvgIpc) is 2.47. The van der Waals surface area contributed by atoms with Gasteiger partial charge < -0.3 is 14.6 Å². The third kappa shape index (κ3) is 9.06. The highest BCUT2D eigenvalue weighted by Gasteiger charge is 2.20. The van der Waals surface area contributed by atoms with E-state index in [1.165, 1.54) is 0 Å². The van der Waals surface area contributed by atoms with E-state index in [9.17, 15) is 9.90 Å². The summed E-state index contributed by atoms with van der Waals surface area (Å²) in [5.41, 5.74) is 1.10. The lowest BCUT2D eigenvalue weighted by Crippen LogP contribution is -2.24. The summed E-state index contributed by atoms with van der Waals surface area (Å²) >= 11 is 0. The molecule has 0 saturated heterocycles. The van der Waals surface area contributed by atoms with Crippen molar-refractivity contribution in [2.75, 3.05) is 13.2 Å². The summed E-state index contributed by atoms with van der Waals surface area (Å²) in [6, 6.07) is 0.826. The van der Waals surface area contributed by atoms with Crippen LogP contribution in [0.1, 0.15) is 59.3 Å². The number of carbonyl (C=O) groups is 1. The minimum atomic E-state index is -0.901. The zero-order chi connectivity index (χ0) is 16.1. The second-order valence-corrected chi connectivity index (χ2v) is 5.59. The van der Waals surface area contributed by atoms with Crippen LogP contribution in [0.15, 0.2) is 11.1 Å². The number of unbranched alkanes of at least 4 members (excludes halogenated alkanes) is 2. The van der Waals surface area contributed by atoms with Gasteiger partial charge in [0.1, 0.15) is 0 Å². The molecule has 121 valence electrons. The van der Waals surface area contributed by atoms with Crippen LogP contribution in [0.2, 0.25) is 6.04 Å². The van der Waals surface area contributed by atoms with Gasteiger partial charge in [-0.2, -0.15) is 0 Å². The molecule has 21 heavy (non-hydrogen) atoms. The largest absolute Gasteiger partial charge is 0.478 e. The summed E-state index contributed by atoms with van der Waals surface area (Å²) < 4.78 is 11.6. The van der Waals surface area contributed by atoms with Crippen LogP contribution in [0.3, 0.4) is 0 Å². The van der Waals surface area contributed by atoms with E-state index in [1.807, 2.05) is 0 Å².